The van der Waals surface area contributed by atoms with Crippen LogP contribution in [0.25, 0.3) is 16.9 Å². The van der Waals surface area contributed by atoms with Gasteiger partial charge in [-0.2, -0.15) is 5.10 Å². The van der Waals surface area contributed by atoms with Gasteiger partial charge >= 0.3 is 5.97 Å². The van der Waals surface area contributed by atoms with Crippen LogP contribution in [0.1, 0.15) is 23.2 Å². The Morgan fingerprint density at radius 1 is 1.17 bits per heavy atom. The summed E-state index contributed by atoms with van der Waals surface area (Å²) >= 11 is 0. The highest BCUT2D eigenvalue weighted by Crippen LogP contribution is 2.29. The van der Waals surface area contributed by atoms with Gasteiger partial charge in [0.05, 0.1) is 0 Å². The van der Waals surface area contributed by atoms with E-state index in [9.17, 15) is 14.3 Å². The van der Waals surface area contributed by atoms with E-state index in [2.05, 4.69) is 15.0 Å². The highest BCUT2D eigenvalue weighted by Gasteiger charge is 2.24. The number of hydrogen-bond acceptors (Lipinski definition) is 4. The van der Waals surface area contributed by atoms with Crippen LogP contribution in [0.5, 0.6) is 0 Å². The number of carboxylic acid groups (broad SMARTS) is 1. The Bertz CT molecular complexity index is 931. The topological polar surface area (TPSA) is 70.7 Å². The van der Waals surface area contributed by atoms with E-state index < -0.39 is 11.8 Å². The fourth-order valence-corrected chi connectivity index (χ4v) is 3.08. The summed E-state index contributed by atoms with van der Waals surface area (Å²) in [6, 6.07) is 7.82. The molecule has 122 valence electrons. The molecule has 3 heterocycles. The zero-order valence-corrected chi connectivity index (χ0v) is 12.8. The summed E-state index contributed by atoms with van der Waals surface area (Å²) < 4.78 is 15.5. The Morgan fingerprint density at radius 2 is 1.92 bits per heavy atom. The van der Waals surface area contributed by atoms with Crippen molar-refractivity contribution in [2.24, 2.45) is 0 Å². The molecule has 3 aromatic rings. The number of aromatic nitrogens is 3. The Balaban J connectivity index is 1.93. The maximum absolute atomic E-state index is 14.1. The van der Waals surface area contributed by atoms with Crippen molar-refractivity contribution >= 4 is 17.4 Å². The molecule has 1 aliphatic rings. The van der Waals surface area contributed by atoms with E-state index in [1.807, 2.05) is 6.07 Å². The monoisotopic (exact) mass is 326 g/mol. The molecule has 1 aliphatic heterocycles. The van der Waals surface area contributed by atoms with Gasteiger partial charge in [0.2, 0.25) is 0 Å². The van der Waals surface area contributed by atoms with Gasteiger partial charge in [-0.15, -0.1) is 0 Å². The number of hydrogen-bond donors (Lipinski definition) is 1. The minimum absolute atomic E-state index is 0.0823. The highest BCUT2D eigenvalue weighted by atomic mass is 19.1. The minimum atomic E-state index is -1.17. The van der Waals surface area contributed by atoms with Crippen LogP contribution in [-0.4, -0.2) is 38.8 Å². The summed E-state index contributed by atoms with van der Waals surface area (Å²) in [5.41, 5.74) is 0.390. The van der Waals surface area contributed by atoms with E-state index in [1.54, 1.807) is 18.3 Å². The van der Waals surface area contributed by atoms with Gasteiger partial charge in [-0.3, -0.25) is 0 Å². The van der Waals surface area contributed by atoms with Crippen LogP contribution in [-0.2, 0) is 0 Å². The maximum atomic E-state index is 14.1. The minimum Gasteiger partial charge on any atom is -0.477 e. The molecule has 24 heavy (non-hydrogen) atoms. The standard InChI is InChI=1S/C17H15FN4O2/c18-12-6-2-1-5-11(12)15-14(17(23)24)16-19-13(7-10-22(16)20-15)21-8-3-4-9-21/h1-2,5-7,10H,3-4,8-9H2,(H,23,24). The molecular weight excluding hydrogens is 311 g/mol. The number of carbonyl (C=O) groups is 1. The first-order valence-electron chi connectivity index (χ1n) is 7.77. The average molecular weight is 326 g/mol. The van der Waals surface area contributed by atoms with Gasteiger partial charge < -0.3 is 10.0 Å². The smallest absolute Gasteiger partial charge is 0.341 e. The third-order valence-corrected chi connectivity index (χ3v) is 4.24. The molecule has 2 aromatic heterocycles. The van der Waals surface area contributed by atoms with Crippen LogP contribution >= 0.6 is 0 Å². The Morgan fingerprint density at radius 3 is 2.62 bits per heavy atom. The maximum Gasteiger partial charge on any atom is 0.341 e. The lowest BCUT2D eigenvalue weighted by molar-refractivity contribution is 0.0699. The van der Waals surface area contributed by atoms with Crippen molar-refractivity contribution in [3.63, 3.8) is 0 Å². The highest BCUT2D eigenvalue weighted by molar-refractivity contribution is 6.01. The molecule has 1 N–H and O–H groups in total. The van der Waals surface area contributed by atoms with Gasteiger partial charge in [0.1, 0.15) is 22.9 Å². The van der Waals surface area contributed by atoms with Gasteiger partial charge in [-0.05, 0) is 31.0 Å². The van der Waals surface area contributed by atoms with Crippen LogP contribution in [0, 0.1) is 5.82 Å². The van der Waals surface area contributed by atoms with Gasteiger partial charge in [0, 0.05) is 24.8 Å². The number of benzene rings is 1. The Kier molecular flexibility index (Phi) is 3.41. The van der Waals surface area contributed by atoms with E-state index in [-0.39, 0.29) is 22.5 Å². The lowest BCUT2D eigenvalue weighted by atomic mass is 10.1. The quantitative estimate of drug-likeness (QED) is 0.801. The fraction of sp³-hybridized carbons (Fsp3) is 0.235. The van der Waals surface area contributed by atoms with Gasteiger partial charge in [0.25, 0.3) is 0 Å². The lowest BCUT2D eigenvalue weighted by Crippen LogP contribution is -2.19. The first-order chi connectivity index (χ1) is 11.6. The normalized spacial score (nSPS) is 14.5. The van der Waals surface area contributed by atoms with E-state index >= 15 is 0 Å². The number of rotatable bonds is 3. The second kappa shape index (κ2) is 5.59. The molecule has 1 fully saturated rings. The van der Waals surface area contributed by atoms with E-state index in [0.29, 0.717) is 0 Å². The zero-order valence-electron chi connectivity index (χ0n) is 12.8. The Hall–Kier alpha value is -2.96. The molecular formula is C17H15FN4O2. The Labute approximate surface area is 137 Å². The summed E-state index contributed by atoms with van der Waals surface area (Å²) in [7, 11) is 0. The van der Waals surface area contributed by atoms with Crippen molar-refractivity contribution in [2.45, 2.75) is 12.8 Å². The zero-order chi connectivity index (χ0) is 16.7. The van der Waals surface area contributed by atoms with Crippen molar-refractivity contribution in [2.75, 3.05) is 18.0 Å². The molecule has 0 bridgehead atoms. The number of carboxylic acids is 1. The van der Waals surface area contributed by atoms with Crippen LogP contribution in [0.4, 0.5) is 10.2 Å². The van der Waals surface area contributed by atoms with Crippen molar-refractivity contribution in [1.29, 1.82) is 0 Å². The van der Waals surface area contributed by atoms with E-state index in [4.69, 9.17) is 0 Å². The van der Waals surface area contributed by atoms with Gasteiger partial charge in [-0.25, -0.2) is 18.7 Å². The summed E-state index contributed by atoms with van der Waals surface area (Å²) in [4.78, 5) is 18.4. The van der Waals surface area contributed by atoms with Crippen LogP contribution in [0.2, 0.25) is 0 Å². The van der Waals surface area contributed by atoms with Crippen molar-refractivity contribution in [1.82, 2.24) is 14.6 Å². The molecule has 7 heteroatoms. The van der Waals surface area contributed by atoms with Crippen LogP contribution in [0.3, 0.4) is 0 Å². The summed E-state index contributed by atoms with van der Waals surface area (Å²) in [5.74, 6) is -0.958. The fourth-order valence-electron chi connectivity index (χ4n) is 3.08. The van der Waals surface area contributed by atoms with Crippen molar-refractivity contribution in [3.05, 3.63) is 47.9 Å². The number of anilines is 1. The average Bonchev–Trinajstić information content (AvgIpc) is 3.22. The van der Waals surface area contributed by atoms with Crippen molar-refractivity contribution in [3.8, 4) is 11.3 Å². The summed E-state index contributed by atoms with van der Waals surface area (Å²) in [6.07, 6.45) is 3.86. The molecule has 6 nitrogen and oxygen atoms in total. The van der Waals surface area contributed by atoms with E-state index in [0.717, 1.165) is 31.7 Å². The van der Waals surface area contributed by atoms with Crippen molar-refractivity contribution < 1.29 is 14.3 Å². The summed E-state index contributed by atoms with van der Waals surface area (Å²) in [6.45, 7) is 1.81. The third kappa shape index (κ3) is 2.29. The molecule has 0 unspecified atom stereocenters. The number of aromatic carboxylic acids is 1. The molecule has 1 aromatic carbocycles. The SMILES string of the molecule is O=C(O)c1c(-c2ccccc2F)nn2ccc(N3CCCC3)nc12. The molecule has 0 aliphatic carbocycles. The predicted molar refractivity (Wildman–Crippen MR) is 86.8 cm³/mol. The second-order valence-corrected chi connectivity index (χ2v) is 5.76. The van der Waals surface area contributed by atoms with E-state index in [1.165, 1.54) is 16.6 Å². The molecule has 0 atom stereocenters. The first-order valence-corrected chi connectivity index (χ1v) is 7.77. The predicted octanol–water partition coefficient (Wildman–Crippen LogP) is 2.83. The molecule has 4 rings (SSSR count). The number of nitrogens with zero attached hydrogens (tertiary/aromatic N) is 4. The van der Waals surface area contributed by atoms with Crippen LogP contribution in [0.15, 0.2) is 36.5 Å². The molecule has 0 radical (unpaired) electrons. The molecule has 0 spiro atoms. The lowest BCUT2D eigenvalue weighted by Gasteiger charge is -2.15. The first kappa shape index (κ1) is 14.6. The van der Waals surface area contributed by atoms with Crippen LogP contribution < -0.4 is 4.90 Å². The largest absolute Gasteiger partial charge is 0.477 e. The van der Waals surface area contributed by atoms with Gasteiger partial charge in [-0.1, -0.05) is 12.1 Å². The molecule has 0 saturated carbocycles. The number of fused-ring (bicyclic) bond motifs is 1. The molecule has 0 amide bonds. The molecule has 1 saturated heterocycles. The second-order valence-electron chi connectivity index (χ2n) is 5.76. The summed E-state index contributed by atoms with van der Waals surface area (Å²) in [5, 5.41) is 13.9. The van der Waals surface area contributed by atoms with Gasteiger partial charge in [0.15, 0.2) is 5.65 Å². The number of halogens is 1. The third-order valence-electron chi connectivity index (χ3n) is 4.24.